The van der Waals surface area contributed by atoms with Crippen LogP contribution in [0, 0.1) is 0 Å². The van der Waals surface area contributed by atoms with Gasteiger partial charge in [-0.25, -0.2) is 0 Å². The third-order valence-electron chi connectivity index (χ3n) is 2.61. The topological polar surface area (TPSA) is 17.1 Å². The highest BCUT2D eigenvalue weighted by atomic mass is 35.5. The van der Waals surface area contributed by atoms with Gasteiger partial charge in [-0.1, -0.05) is 53.0 Å². The molecule has 5 heteroatoms. The first-order chi connectivity index (χ1) is 9.06. The van der Waals surface area contributed by atoms with Crippen molar-refractivity contribution in [2.24, 2.45) is 0 Å². The van der Waals surface area contributed by atoms with Crippen molar-refractivity contribution in [1.29, 1.82) is 0 Å². The second kappa shape index (κ2) is 6.76. The van der Waals surface area contributed by atoms with Gasteiger partial charge in [0.1, 0.15) is 0 Å². The van der Waals surface area contributed by atoms with Gasteiger partial charge in [0.15, 0.2) is 0 Å². The third-order valence-corrected chi connectivity index (χ3v) is 4.83. The molecule has 0 saturated carbocycles. The first kappa shape index (κ1) is 14.9. The number of benzene rings is 2. The van der Waals surface area contributed by atoms with E-state index in [9.17, 15) is 4.21 Å². The van der Waals surface area contributed by atoms with Crippen LogP contribution in [-0.2, 0) is 22.3 Å². The monoisotopic (exact) mass is 332 g/mol. The molecule has 19 heavy (non-hydrogen) atoms. The number of halogens is 3. The van der Waals surface area contributed by atoms with E-state index >= 15 is 0 Å². The Morgan fingerprint density at radius 1 is 0.842 bits per heavy atom. The molecular formula is C14H11Cl3OS. The van der Waals surface area contributed by atoms with Crippen LogP contribution in [0.4, 0.5) is 0 Å². The van der Waals surface area contributed by atoms with Crippen molar-refractivity contribution in [3.8, 4) is 0 Å². The summed E-state index contributed by atoms with van der Waals surface area (Å²) in [5.74, 6) is 0.805. The van der Waals surface area contributed by atoms with Crippen LogP contribution >= 0.6 is 34.8 Å². The largest absolute Gasteiger partial charge is 0.259 e. The fraction of sp³-hybridized carbons (Fsp3) is 0.143. The standard InChI is InChI=1S/C14H11Cl3OS/c15-11-6-4-10(5-7-11)8-19(18)9-12-13(16)2-1-3-14(12)17/h1-7H,8-9H2. The molecule has 2 aromatic rings. The van der Waals surface area contributed by atoms with E-state index in [1.807, 2.05) is 12.1 Å². The van der Waals surface area contributed by atoms with Gasteiger partial charge in [-0.05, 0) is 29.8 Å². The van der Waals surface area contributed by atoms with Gasteiger partial charge in [0.2, 0.25) is 0 Å². The van der Waals surface area contributed by atoms with Gasteiger partial charge in [-0.3, -0.25) is 4.21 Å². The molecule has 2 rings (SSSR count). The smallest absolute Gasteiger partial charge is 0.0518 e. The molecule has 0 radical (unpaired) electrons. The minimum atomic E-state index is -1.06. The normalized spacial score (nSPS) is 12.4. The first-order valence-electron chi connectivity index (χ1n) is 5.58. The summed E-state index contributed by atoms with van der Waals surface area (Å²) in [6.45, 7) is 0. The lowest BCUT2D eigenvalue weighted by Crippen LogP contribution is -2.00. The van der Waals surface area contributed by atoms with Crippen molar-refractivity contribution in [3.05, 3.63) is 68.7 Å². The van der Waals surface area contributed by atoms with E-state index in [2.05, 4.69) is 0 Å². The molecule has 0 saturated heterocycles. The summed E-state index contributed by atoms with van der Waals surface area (Å²) < 4.78 is 12.1. The first-order valence-corrected chi connectivity index (χ1v) is 8.21. The van der Waals surface area contributed by atoms with E-state index in [0.717, 1.165) is 11.1 Å². The average Bonchev–Trinajstić information content (AvgIpc) is 2.37. The minimum Gasteiger partial charge on any atom is -0.259 e. The Kier molecular flexibility index (Phi) is 5.28. The highest BCUT2D eigenvalue weighted by Crippen LogP contribution is 2.26. The summed E-state index contributed by atoms with van der Waals surface area (Å²) in [4.78, 5) is 0. The van der Waals surface area contributed by atoms with Crippen LogP contribution in [0.1, 0.15) is 11.1 Å². The molecule has 1 atom stereocenters. The maximum absolute atomic E-state index is 12.1. The van der Waals surface area contributed by atoms with Gasteiger partial charge < -0.3 is 0 Å². The van der Waals surface area contributed by atoms with E-state index in [-0.39, 0.29) is 0 Å². The highest BCUT2D eigenvalue weighted by Gasteiger charge is 2.10. The van der Waals surface area contributed by atoms with Crippen LogP contribution in [0.15, 0.2) is 42.5 Å². The molecule has 0 aliphatic carbocycles. The quantitative estimate of drug-likeness (QED) is 0.761. The summed E-state index contributed by atoms with van der Waals surface area (Å²) in [5, 5.41) is 1.78. The fourth-order valence-electron chi connectivity index (χ4n) is 1.65. The van der Waals surface area contributed by atoms with E-state index < -0.39 is 10.8 Å². The number of hydrogen-bond acceptors (Lipinski definition) is 1. The van der Waals surface area contributed by atoms with Crippen molar-refractivity contribution in [2.45, 2.75) is 11.5 Å². The third kappa shape index (κ3) is 4.22. The Hall–Kier alpha value is -0.540. The number of rotatable bonds is 4. The van der Waals surface area contributed by atoms with Crippen LogP contribution in [0.2, 0.25) is 15.1 Å². The van der Waals surface area contributed by atoms with E-state index in [4.69, 9.17) is 34.8 Å². The molecule has 100 valence electrons. The molecule has 0 heterocycles. The predicted molar refractivity (Wildman–Crippen MR) is 83.5 cm³/mol. The summed E-state index contributed by atoms with van der Waals surface area (Å²) >= 11 is 17.9. The van der Waals surface area contributed by atoms with Gasteiger partial charge in [0.25, 0.3) is 0 Å². The maximum Gasteiger partial charge on any atom is 0.0518 e. The SMILES string of the molecule is O=S(Cc1ccc(Cl)cc1)Cc1c(Cl)cccc1Cl. The van der Waals surface area contributed by atoms with Crippen LogP contribution < -0.4 is 0 Å². The molecule has 0 fully saturated rings. The zero-order valence-corrected chi connectivity index (χ0v) is 13.0. The summed E-state index contributed by atoms with van der Waals surface area (Å²) in [7, 11) is -1.06. The van der Waals surface area contributed by atoms with E-state index in [1.165, 1.54) is 0 Å². The van der Waals surface area contributed by atoms with E-state index in [1.54, 1.807) is 30.3 Å². The van der Waals surface area contributed by atoms with Gasteiger partial charge in [0.05, 0.1) is 5.75 Å². The van der Waals surface area contributed by atoms with Crippen molar-refractivity contribution >= 4 is 45.6 Å². The molecule has 1 nitrogen and oxygen atoms in total. The lowest BCUT2D eigenvalue weighted by atomic mass is 10.2. The summed E-state index contributed by atoms with van der Waals surface area (Å²) in [5.41, 5.74) is 1.71. The molecule has 0 amide bonds. The van der Waals surface area contributed by atoms with Gasteiger partial charge >= 0.3 is 0 Å². The molecule has 0 aliphatic rings. The predicted octanol–water partition coefficient (Wildman–Crippen LogP) is 5.10. The molecule has 0 spiro atoms. The molecule has 0 N–H and O–H groups in total. The second-order valence-corrected chi connectivity index (χ2v) is 6.76. The van der Waals surface area contributed by atoms with Gasteiger partial charge in [-0.15, -0.1) is 0 Å². The fourth-order valence-corrected chi connectivity index (χ4v) is 3.76. The average molecular weight is 334 g/mol. The molecule has 0 aliphatic heterocycles. The zero-order chi connectivity index (χ0) is 13.8. The molecule has 2 aromatic carbocycles. The van der Waals surface area contributed by atoms with Crippen LogP contribution in [0.25, 0.3) is 0 Å². The summed E-state index contributed by atoms with van der Waals surface area (Å²) in [6, 6.07) is 12.6. The Morgan fingerprint density at radius 3 is 2.00 bits per heavy atom. The Morgan fingerprint density at radius 2 is 1.42 bits per heavy atom. The van der Waals surface area contributed by atoms with Crippen LogP contribution in [0.5, 0.6) is 0 Å². The second-order valence-electron chi connectivity index (χ2n) is 4.06. The van der Waals surface area contributed by atoms with Gasteiger partial charge in [-0.2, -0.15) is 0 Å². The van der Waals surface area contributed by atoms with Gasteiger partial charge in [0, 0.05) is 37.2 Å². The lowest BCUT2D eigenvalue weighted by molar-refractivity contribution is 0.682. The van der Waals surface area contributed by atoms with Crippen molar-refractivity contribution in [2.75, 3.05) is 0 Å². The maximum atomic E-state index is 12.1. The Balaban J connectivity index is 2.07. The Labute approximate surface area is 130 Å². The number of hydrogen-bond donors (Lipinski definition) is 0. The lowest BCUT2D eigenvalue weighted by Gasteiger charge is -2.07. The van der Waals surface area contributed by atoms with Crippen LogP contribution in [-0.4, -0.2) is 4.21 Å². The van der Waals surface area contributed by atoms with Crippen molar-refractivity contribution < 1.29 is 4.21 Å². The minimum absolute atomic E-state index is 0.348. The van der Waals surface area contributed by atoms with E-state index in [0.29, 0.717) is 26.6 Å². The zero-order valence-electron chi connectivity index (χ0n) is 9.91. The Bertz CT molecular complexity index is 576. The molecule has 0 bridgehead atoms. The molecule has 0 aromatic heterocycles. The van der Waals surface area contributed by atoms with Crippen LogP contribution in [0.3, 0.4) is 0 Å². The summed E-state index contributed by atoms with van der Waals surface area (Å²) in [6.07, 6.45) is 0. The van der Waals surface area contributed by atoms with Crippen molar-refractivity contribution in [1.82, 2.24) is 0 Å². The molecular weight excluding hydrogens is 323 g/mol. The highest BCUT2D eigenvalue weighted by molar-refractivity contribution is 7.83. The van der Waals surface area contributed by atoms with Crippen molar-refractivity contribution in [3.63, 3.8) is 0 Å². The molecule has 1 unspecified atom stereocenters.